The molecule has 3 rings (SSSR count). The number of fused-ring (bicyclic) bond motifs is 1. The van der Waals surface area contributed by atoms with Gasteiger partial charge in [-0.15, -0.1) is 0 Å². The number of phenols is 1. The number of aryl methyl sites for hydroxylation is 1. The Bertz CT molecular complexity index is 983. The van der Waals surface area contributed by atoms with E-state index in [4.69, 9.17) is 9.47 Å². The molecule has 0 fully saturated rings. The first-order valence-electron chi connectivity index (χ1n) is 11.2. The number of methoxy groups -OCH3 is 1. The van der Waals surface area contributed by atoms with Crippen molar-refractivity contribution in [2.75, 3.05) is 26.8 Å². The monoisotopic (exact) mass is 436 g/mol. The van der Waals surface area contributed by atoms with Crippen LogP contribution >= 0.6 is 0 Å². The number of hydrogen-bond acceptors (Lipinski definition) is 4. The third-order valence-corrected chi connectivity index (χ3v) is 4.78. The molecule has 172 valence electrons. The van der Waals surface area contributed by atoms with Gasteiger partial charge in [0.2, 0.25) is 0 Å². The van der Waals surface area contributed by atoms with Crippen LogP contribution in [0.1, 0.15) is 31.5 Å². The first-order chi connectivity index (χ1) is 15.7. The Morgan fingerprint density at radius 2 is 1.66 bits per heavy atom. The Morgan fingerprint density at radius 3 is 2.44 bits per heavy atom. The third-order valence-electron chi connectivity index (χ3n) is 4.78. The van der Waals surface area contributed by atoms with Crippen LogP contribution in [0.3, 0.4) is 0 Å². The van der Waals surface area contributed by atoms with Crippen molar-refractivity contribution >= 4 is 10.9 Å². The summed E-state index contributed by atoms with van der Waals surface area (Å²) in [5, 5.41) is 13.9. The fourth-order valence-electron chi connectivity index (χ4n) is 3.10. The fraction of sp³-hybridized carbons (Fsp3) is 0.333. The number of aromatic hydroxyl groups is 1. The van der Waals surface area contributed by atoms with Crippen molar-refractivity contribution in [3.05, 3.63) is 84.1 Å². The van der Waals surface area contributed by atoms with Gasteiger partial charge in [-0.25, -0.2) is 0 Å². The Balaban J connectivity index is 0.000000227. The van der Waals surface area contributed by atoms with Gasteiger partial charge in [-0.2, -0.15) is 0 Å². The quantitative estimate of drug-likeness (QED) is 0.373. The summed E-state index contributed by atoms with van der Waals surface area (Å²) in [6.45, 7) is 7.47. The maximum absolute atomic E-state index is 9.79. The summed E-state index contributed by atoms with van der Waals surface area (Å²) in [5.41, 5.74) is 3.17. The number of hydrogen-bond donors (Lipinski definition) is 3. The Labute approximate surface area is 191 Å². The number of rotatable bonds is 9. The van der Waals surface area contributed by atoms with E-state index in [2.05, 4.69) is 24.1 Å². The van der Waals surface area contributed by atoms with Crippen molar-refractivity contribution in [3.63, 3.8) is 0 Å². The molecular weight excluding hydrogens is 400 g/mol. The molecule has 0 aliphatic carbocycles. The van der Waals surface area contributed by atoms with Gasteiger partial charge in [0.15, 0.2) is 0 Å². The lowest BCUT2D eigenvalue weighted by atomic mass is 10.2. The average molecular weight is 437 g/mol. The van der Waals surface area contributed by atoms with E-state index < -0.39 is 0 Å². The van der Waals surface area contributed by atoms with Crippen molar-refractivity contribution < 1.29 is 14.6 Å². The molecule has 0 unspecified atom stereocenters. The molecule has 3 N–H and O–H groups in total. The average Bonchev–Trinajstić information content (AvgIpc) is 2.91. The van der Waals surface area contributed by atoms with Gasteiger partial charge in [0.05, 0.1) is 6.61 Å². The summed E-state index contributed by atoms with van der Waals surface area (Å²) in [4.78, 5) is 3.33. The van der Waals surface area contributed by atoms with Crippen LogP contribution in [0.25, 0.3) is 10.9 Å². The van der Waals surface area contributed by atoms with E-state index in [1.165, 1.54) is 0 Å². The molecule has 0 amide bonds. The van der Waals surface area contributed by atoms with Crippen LogP contribution in [0.2, 0.25) is 0 Å². The molecule has 0 bridgehead atoms. The van der Waals surface area contributed by atoms with Gasteiger partial charge in [0.1, 0.15) is 18.1 Å². The topological polar surface area (TPSA) is 66.5 Å². The van der Waals surface area contributed by atoms with Crippen LogP contribution in [0.15, 0.2) is 72.8 Å². The Kier molecular flexibility index (Phi) is 11.7. The third kappa shape index (κ3) is 8.61. The highest BCUT2D eigenvalue weighted by molar-refractivity contribution is 5.83. The molecule has 1 aromatic heterocycles. The highest BCUT2D eigenvalue weighted by atomic mass is 16.5. The van der Waals surface area contributed by atoms with Gasteiger partial charge in [-0.3, -0.25) is 0 Å². The number of aromatic amines is 1. The first-order valence-corrected chi connectivity index (χ1v) is 11.2. The number of H-pyrrole nitrogens is 1. The van der Waals surface area contributed by atoms with E-state index in [1.807, 2.05) is 66.7 Å². The molecule has 2 aromatic carbocycles. The van der Waals surface area contributed by atoms with Crippen LogP contribution in [0.5, 0.6) is 11.5 Å². The zero-order valence-electron chi connectivity index (χ0n) is 19.4. The van der Waals surface area contributed by atoms with Gasteiger partial charge in [-0.1, -0.05) is 56.3 Å². The van der Waals surface area contributed by atoms with Crippen LogP contribution in [0.4, 0.5) is 0 Å². The van der Waals surface area contributed by atoms with Gasteiger partial charge >= 0.3 is 0 Å². The predicted molar refractivity (Wildman–Crippen MR) is 133 cm³/mol. The van der Waals surface area contributed by atoms with Crippen LogP contribution in [-0.2, 0) is 17.8 Å². The van der Waals surface area contributed by atoms with E-state index >= 15 is 0 Å². The lowest BCUT2D eigenvalue weighted by molar-refractivity contribution is 0.180. The molecule has 0 radical (unpaired) electrons. The van der Waals surface area contributed by atoms with E-state index in [-0.39, 0.29) is 0 Å². The standard InChI is InChI=1S/C14H15NO.C13H21NO2/c1-2-11-7-4-3-5-8-12-13(15-11)9-6-10-14(12)16;1-3-8-14-9-10-16-13-7-5-4-6-12(13)11-15-2/h3-10,15-16H,2H2,1H3;4-7,14H,3,8-11H2,1-2H3. The summed E-state index contributed by atoms with van der Waals surface area (Å²) >= 11 is 0. The van der Waals surface area contributed by atoms with Crippen molar-refractivity contribution in [1.29, 1.82) is 0 Å². The molecular formula is C27H36N2O3. The smallest absolute Gasteiger partial charge is 0.124 e. The molecule has 5 nitrogen and oxygen atoms in total. The van der Waals surface area contributed by atoms with Crippen molar-refractivity contribution in [2.24, 2.45) is 0 Å². The van der Waals surface area contributed by atoms with E-state index in [1.54, 1.807) is 13.2 Å². The lowest BCUT2D eigenvalue weighted by Gasteiger charge is -2.11. The molecule has 5 heteroatoms. The zero-order valence-corrected chi connectivity index (χ0v) is 19.4. The van der Waals surface area contributed by atoms with Crippen LogP contribution in [-0.4, -0.2) is 36.9 Å². The maximum Gasteiger partial charge on any atom is 0.124 e. The highest BCUT2D eigenvalue weighted by Gasteiger charge is 2.01. The van der Waals surface area contributed by atoms with E-state index in [0.29, 0.717) is 19.0 Å². The molecule has 0 atom stereocenters. The van der Waals surface area contributed by atoms with Crippen molar-refractivity contribution in [3.8, 4) is 11.5 Å². The number of phenolic OH excluding ortho intramolecular Hbond substituents is 1. The molecule has 0 saturated heterocycles. The van der Waals surface area contributed by atoms with Crippen molar-refractivity contribution in [2.45, 2.75) is 33.3 Å². The Morgan fingerprint density at radius 1 is 0.875 bits per heavy atom. The largest absolute Gasteiger partial charge is 0.507 e. The van der Waals surface area contributed by atoms with Gasteiger partial charge in [0.25, 0.3) is 0 Å². The first kappa shape index (κ1) is 25.2. The number of nitrogens with one attached hydrogen (secondary N) is 2. The minimum Gasteiger partial charge on any atom is -0.507 e. The number of aromatic nitrogens is 1. The second kappa shape index (κ2) is 14.9. The van der Waals surface area contributed by atoms with E-state index in [9.17, 15) is 5.11 Å². The molecule has 0 spiro atoms. The minimum absolute atomic E-state index is 0.298. The normalized spacial score (nSPS) is 10.2. The zero-order chi connectivity index (χ0) is 23.0. The molecule has 1 heterocycles. The molecule has 3 aromatic rings. The summed E-state index contributed by atoms with van der Waals surface area (Å²) in [5.74, 6) is 1.22. The summed E-state index contributed by atoms with van der Waals surface area (Å²) in [6.07, 6.45) is 2.08. The highest BCUT2D eigenvalue weighted by Crippen LogP contribution is 2.21. The lowest BCUT2D eigenvalue weighted by Crippen LogP contribution is -2.21. The predicted octanol–water partition coefficient (Wildman–Crippen LogP) is 5.77. The van der Waals surface area contributed by atoms with Gasteiger partial charge in [-0.05, 0) is 49.7 Å². The van der Waals surface area contributed by atoms with Crippen LogP contribution < -0.4 is 10.1 Å². The van der Waals surface area contributed by atoms with Crippen molar-refractivity contribution in [1.82, 2.24) is 10.3 Å². The second-order valence-electron chi connectivity index (χ2n) is 7.29. The fourth-order valence-corrected chi connectivity index (χ4v) is 3.10. The molecule has 0 aliphatic heterocycles. The second-order valence-corrected chi connectivity index (χ2v) is 7.29. The van der Waals surface area contributed by atoms with Crippen LogP contribution in [0, 0.1) is 0 Å². The van der Waals surface area contributed by atoms with Gasteiger partial charge in [0, 0.05) is 35.8 Å². The Hall–Kier alpha value is -3.02. The SMILES string of the molecule is CCCNCCOc1ccccc1COC.CCc1cccccc2c(O)cccc2[nH]1. The summed E-state index contributed by atoms with van der Waals surface area (Å²) < 4.78 is 10.8. The molecule has 0 aliphatic rings. The number of ether oxygens (including phenoxy) is 2. The summed E-state index contributed by atoms with van der Waals surface area (Å²) in [6, 6.07) is 23.3. The number of para-hydroxylation sites is 1. The summed E-state index contributed by atoms with van der Waals surface area (Å²) in [7, 11) is 1.69. The molecule has 0 saturated carbocycles. The molecule has 32 heavy (non-hydrogen) atoms. The van der Waals surface area contributed by atoms with E-state index in [0.717, 1.165) is 53.8 Å². The van der Waals surface area contributed by atoms with Gasteiger partial charge < -0.3 is 24.9 Å². The maximum atomic E-state index is 9.79. The number of benzene rings is 2. The minimum atomic E-state index is 0.298.